The van der Waals surface area contributed by atoms with Gasteiger partial charge in [0.1, 0.15) is 11.6 Å². The molecule has 0 aromatic heterocycles. The second-order valence-corrected chi connectivity index (χ2v) is 6.37. The highest BCUT2D eigenvalue weighted by atomic mass is 79.9. The highest BCUT2D eigenvalue weighted by molar-refractivity contribution is 9.10. The maximum Gasteiger partial charge on any atom is 0.165 e. The Bertz CT molecular complexity index is 679. The summed E-state index contributed by atoms with van der Waals surface area (Å²) in [6.45, 7) is 2.01. The van der Waals surface area contributed by atoms with Gasteiger partial charge in [-0.15, -0.1) is 11.8 Å². The SMILES string of the molecule is CCSc1cccc(Oc2cc(Br)ccc2F)c1C(=N)N. The third-order valence-corrected chi connectivity index (χ3v) is 4.10. The number of nitrogens with one attached hydrogen (secondary N) is 1. The molecule has 110 valence electrons. The fourth-order valence-electron chi connectivity index (χ4n) is 1.81. The Kier molecular flexibility index (Phi) is 5.25. The van der Waals surface area contributed by atoms with E-state index in [1.807, 2.05) is 13.0 Å². The molecular formula is C15H14BrFN2OS. The van der Waals surface area contributed by atoms with Gasteiger partial charge in [0.2, 0.25) is 0 Å². The first-order chi connectivity index (χ1) is 10.0. The zero-order valence-corrected chi connectivity index (χ0v) is 13.7. The van der Waals surface area contributed by atoms with Crippen LogP contribution in [-0.2, 0) is 0 Å². The Morgan fingerprint density at radius 1 is 1.33 bits per heavy atom. The standard InChI is InChI=1S/C15H14BrFN2OS/c1-2-21-13-5-3-4-11(14(13)15(18)19)20-12-8-9(16)6-7-10(12)17/h3-8H,2H2,1H3,(H3,18,19). The average molecular weight is 369 g/mol. The Labute approximate surface area is 135 Å². The van der Waals surface area contributed by atoms with E-state index in [-0.39, 0.29) is 11.6 Å². The van der Waals surface area contributed by atoms with Gasteiger partial charge in [0.05, 0.1) is 5.56 Å². The number of hydrogen-bond donors (Lipinski definition) is 2. The van der Waals surface area contributed by atoms with Crippen molar-refractivity contribution in [2.24, 2.45) is 5.73 Å². The fraction of sp³-hybridized carbons (Fsp3) is 0.133. The van der Waals surface area contributed by atoms with Crippen LogP contribution in [0, 0.1) is 11.2 Å². The summed E-state index contributed by atoms with van der Waals surface area (Å²) in [5.41, 5.74) is 6.14. The molecule has 2 aromatic rings. The number of hydrogen-bond acceptors (Lipinski definition) is 3. The molecule has 0 aliphatic carbocycles. The van der Waals surface area contributed by atoms with Crippen molar-refractivity contribution >= 4 is 33.5 Å². The molecule has 0 aliphatic heterocycles. The number of ether oxygens (including phenoxy) is 1. The first-order valence-corrected chi connectivity index (χ1v) is 8.04. The van der Waals surface area contributed by atoms with Gasteiger partial charge in [-0.25, -0.2) is 4.39 Å². The zero-order valence-electron chi connectivity index (χ0n) is 11.3. The molecule has 3 N–H and O–H groups in total. The number of benzene rings is 2. The Hall–Kier alpha value is -1.53. The van der Waals surface area contributed by atoms with E-state index in [9.17, 15) is 4.39 Å². The first kappa shape index (κ1) is 15.9. The lowest BCUT2D eigenvalue weighted by atomic mass is 10.2. The lowest BCUT2D eigenvalue weighted by Gasteiger charge is -2.14. The molecule has 0 saturated carbocycles. The minimum absolute atomic E-state index is 0.0884. The molecule has 0 aliphatic rings. The van der Waals surface area contributed by atoms with Crippen molar-refractivity contribution < 1.29 is 9.13 Å². The predicted molar refractivity (Wildman–Crippen MR) is 88.0 cm³/mol. The summed E-state index contributed by atoms with van der Waals surface area (Å²) in [4.78, 5) is 0.845. The van der Waals surface area contributed by atoms with Gasteiger partial charge >= 0.3 is 0 Å². The first-order valence-electron chi connectivity index (χ1n) is 6.26. The molecule has 0 fully saturated rings. The Morgan fingerprint density at radius 2 is 2.10 bits per heavy atom. The zero-order chi connectivity index (χ0) is 15.4. The van der Waals surface area contributed by atoms with Crippen LogP contribution in [0.1, 0.15) is 12.5 Å². The van der Waals surface area contributed by atoms with Crippen molar-refractivity contribution in [2.75, 3.05) is 5.75 Å². The third kappa shape index (κ3) is 3.77. The number of halogens is 2. The minimum atomic E-state index is -0.471. The van der Waals surface area contributed by atoms with Crippen LogP contribution in [0.4, 0.5) is 4.39 Å². The summed E-state index contributed by atoms with van der Waals surface area (Å²) < 4.78 is 20.1. The molecular weight excluding hydrogens is 355 g/mol. The van der Waals surface area contributed by atoms with Crippen LogP contribution in [0.3, 0.4) is 0 Å². The van der Waals surface area contributed by atoms with Gasteiger partial charge in [0.25, 0.3) is 0 Å². The summed E-state index contributed by atoms with van der Waals surface area (Å²) >= 11 is 4.84. The van der Waals surface area contributed by atoms with E-state index in [1.165, 1.54) is 6.07 Å². The fourth-order valence-corrected chi connectivity index (χ4v) is 2.99. The molecule has 0 unspecified atom stereocenters. The maximum absolute atomic E-state index is 13.8. The van der Waals surface area contributed by atoms with Crippen LogP contribution in [-0.4, -0.2) is 11.6 Å². The number of nitrogens with two attached hydrogens (primary N) is 1. The number of thioether (sulfide) groups is 1. The molecule has 0 atom stereocenters. The van der Waals surface area contributed by atoms with E-state index in [4.69, 9.17) is 15.9 Å². The molecule has 6 heteroatoms. The predicted octanol–water partition coefficient (Wildman–Crippen LogP) is 4.78. The summed E-state index contributed by atoms with van der Waals surface area (Å²) in [6.07, 6.45) is 0. The molecule has 21 heavy (non-hydrogen) atoms. The van der Waals surface area contributed by atoms with Crippen LogP contribution in [0.25, 0.3) is 0 Å². The third-order valence-electron chi connectivity index (χ3n) is 2.67. The van der Waals surface area contributed by atoms with Gasteiger partial charge < -0.3 is 10.5 Å². The van der Waals surface area contributed by atoms with Crippen molar-refractivity contribution in [3.8, 4) is 11.5 Å². The topological polar surface area (TPSA) is 59.1 Å². The van der Waals surface area contributed by atoms with Crippen molar-refractivity contribution in [1.82, 2.24) is 0 Å². The van der Waals surface area contributed by atoms with Crippen LogP contribution >= 0.6 is 27.7 Å². The van der Waals surface area contributed by atoms with E-state index < -0.39 is 5.82 Å². The monoisotopic (exact) mass is 368 g/mol. The van der Waals surface area contributed by atoms with Gasteiger partial charge in [-0.2, -0.15) is 0 Å². The van der Waals surface area contributed by atoms with Crippen LogP contribution in [0.15, 0.2) is 45.8 Å². The molecule has 2 rings (SSSR count). The summed E-state index contributed by atoms with van der Waals surface area (Å²) in [6, 6.07) is 9.80. The second-order valence-electron chi connectivity index (χ2n) is 4.15. The normalized spacial score (nSPS) is 10.4. The number of amidine groups is 1. The molecule has 0 bridgehead atoms. The lowest BCUT2D eigenvalue weighted by Crippen LogP contribution is -2.14. The highest BCUT2D eigenvalue weighted by Gasteiger charge is 2.15. The van der Waals surface area contributed by atoms with E-state index in [2.05, 4.69) is 15.9 Å². The average Bonchev–Trinajstić information content (AvgIpc) is 2.43. The summed E-state index contributed by atoms with van der Waals surface area (Å²) in [7, 11) is 0. The smallest absolute Gasteiger partial charge is 0.165 e. The van der Waals surface area contributed by atoms with Crippen LogP contribution in [0.5, 0.6) is 11.5 Å². The molecule has 0 saturated heterocycles. The van der Waals surface area contributed by atoms with Gasteiger partial charge in [0, 0.05) is 9.37 Å². The molecule has 0 radical (unpaired) electrons. The van der Waals surface area contributed by atoms with Crippen molar-refractivity contribution in [3.63, 3.8) is 0 Å². The molecule has 3 nitrogen and oxygen atoms in total. The summed E-state index contributed by atoms with van der Waals surface area (Å²) in [5.74, 6) is 0.733. The summed E-state index contributed by atoms with van der Waals surface area (Å²) in [5, 5.41) is 7.74. The molecule has 2 aromatic carbocycles. The Balaban J connectivity index is 2.46. The van der Waals surface area contributed by atoms with Crippen molar-refractivity contribution in [3.05, 3.63) is 52.3 Å². The van der Waals surface area contributed by atoms with Crippen LogP contribution in [0.2, 0.25) is 0 Å². The quantitative estimate of drug-likeness (QED) is 0.453. The van der Waals surface area contributed by atoms with Crippen molar-refractivity contribution in [1.29, 1.82) is 5.41 Å². The second kappa shape index (κ2) is 6.95. The van der Waals surface area contributed by atoms with Gasteiger partial charge in [-0.1, -0.05) is 28.9 Å². The van der Waals surface area contributed by atoms with E-state index in [1.54, 1.807) is 36.0 Å². The van der Waals surface area contributed by atoms with Gasteiger partial charge in [-0.05, 0) is 36.1 Å². The lowest BCUT2D eigenvalue weighted by molar-refractivity contribution is 0.440. The molecule has 0 amide bonds. The van der Waals surface area contributed by atoms with Gasteiger partial charge in [-0.3, -0.25) is 5.41 Å². The van der Waals surface area contributed by atoms with E-state index in [0.717, 1.165) is 10.6 Å². The molecule has 0 heterocycles. The van der Waals surface area contributed by atoms with Crippen molar-refractivity contribution in [2.45, 2.75) is 11.8 Å². The van der Waals surface area contributed by atoms with E-state index >= 15 is 0 Å². The highest BCUT2D eigenvalue weighted by Crippen LogP contribution is 2.34. The minimum Gasteiger partial charge on any atom is -0.453 e. The van der Waals surface area contributed by atoms with Crippen LogP contribution < -0.4 is 10.5 Å². The largest absolute Gasteiger partial charge is 0.453 e. The Morgan fingerprint density at radius 3 is 2.76 bits per heavy atom. The maximum atomic E-state index is 13.8. The number of rotatable bonds is 5. The molecule has 0 spiro atoms. The van der Waals surface area contributed by atoms with Gasteiger partial charge in [0.15, 0.2) is 11.6 Å². The van der Waals surface area contributed by atoms with E-state index in [0.29, 0.717) is 15.8 Å². The number of nitrogen functional groups attached to an aromatic ring is 1.